The van der Waals surface area contributed by atoms with Gasteiger partial charge in [0.1, 0.15) is 0 Å². The number of nitrogens with zero attached hydrogens (tertiary/aromatic N) is 1. The van der Waals surface area contributed by atoms with E-state index in [1.807, 2.05) is 6.07 Å². The minimum absolute atomic E-state index is 0.0936. The quantitative estimate of drug-likeness (QED) is 0.804. The van der Waals surface area contributed by atoms with Gasteiger partial charge in [0, 0.05) is 0 Å². The molecule has 1 aromatic rings. The first kappa shape index (κ1) is 11.2. The number of hydrogen-bond donors (Lipinski definition) is 1. The van der Waals surface area contributed by atoms with Crippen molar-refractivity contribution in [2.45, 2.75) is 4.90 Å². The number of sulfone groups is 1. The van der Waals surface area contributed by atoms with Crippen LogP contribution < -0.4 is 0 Å². The van der Waals surface area contributed by atoms with Crippen molar-refractivity contribution in [1.29, 1.82) is 5.26 Å². The van der Waals surface area contributed by atoms with Gasteiger partial charge in [-0.25, -0.2) is 8.42 Å². The van der Waals surface area contributed by atoms with Gasteiger partial charge in [0.25, 0.3) is 0 Å². The SMILES string of the molecule is N#Cc1ccc(S(=O)(=O)CC(=O)O)cc1. The number of carbonyl (C=O) groups is 1. The molecule has 6 heteroatoms. The molecule has 0 bridgehead atoms. The number of carboxylic acid groups (broad SMARTS) is 1. The van der Waals surface area contributed by atoms with E-state index in [-0.39, 0.29) is 4.90 Å². The predicted octanol–water partition coefficient (Wildman–Crippen LogP) is 0.417. The van der Waals surface area contributed by atoms with E-state index in [0.717, 1.165) is 0 Å². The molecule has 0 aliphatic heterocycles. The monoisotopic (exact) mass is 225 g/mol. The summed E-state index contributed by atoms with van der Waals surface area (Å²) >= 11 is 0. The fourth-order valence-electron chi connectivity index (χ4n) is 0.983. The van der Waals surface area contributed by atoms with Crippen molar-refractivity contribution in [3.63, 3.8) is 0 Å². The molecule has 15 heavy (non-hydrogen) atoms. The molecule has 0 amide bonds. The summed E-state index contributed by atoms with van der Waals surface area (Å²) in [5.74, 6) is -2.35. The second-order valence-corrected chi connectivity index (χ2v) is 4.78. The van der Waals surface area contributed by atoms with Crippen LogP contribution in [-0.2, 0) is 14.6 Å². The Morgan fingerprint density at radius 2 is 1.87 bits per heavy atom. The van der Waals surface area contributed by atoms with Crippen LogP contribution in [0.2, 0.25) is 0 Å². The Labute approximate surface area is 86.5 Å². The fraction of sp³-hybridized carbons (Fsp3) is 0.111. The van der Waals surface area contributed by atoms with E-state index in [2.05, 4.69) is 0 Å². The fourth-order valence-corrected chi connectivity index (χ4v) is 2.03. The van der Waals surface area contributed by atoms with Crippen molar-refractivity contribution in [3.8, 4) is 6.07 Å². The van der Waals surface area contributed by atoms with E-state index in [4.69, 9.17) is 10.4 Å². The highest BCUT2D eigenvalue weighted by Crippen LogP contribution is 2.11. The molecule has 0 unspecified atom stereocenters. The molecule has 0 atom stereocenters. The van der Waals surface area contributed by atoms with Crippen LogP contribution in [-0.4, -0.2) is 25.2 Å². The summed E-state index contributed by atoms with van der Waals surface area (Å²) in [4.78, 5) is 10.2. The Bertz CT molecular complexity index is 510. The Morgan fingerprint density at radius 1 is 1.33 bits per heavy atom. The zero-order valence-electron chi connectivity index (χ0n) is 7.54. The van der Waals surface area contributed by atoms with E-state index in [9.17, 15) is 13.2 Å². The summed E-state index contributed by atoms with van der Waals surface area (Å²) < 4.78 is 22.8. The molecule has 78 valence electrons. The summed E-state index contributed by atoms with van der Waals surface area (Å²) in [5, 5.41) is 16.9. The Kier molecular flexibility index (Phi) is 3.07. The molecule has 0 spiro atoms. The standard InChI is InChI=1S/C9H7NO4S/c10-5-7-1-3-8(4-2-7)15(13,14)6-9(11)12/h1-4H,6H2,(H,11,12). The molecule has 0 saturated heterocycles. The van der Waals surface area contributed by atoms with Gasteiger partial charge in [-0.1, -0.05) is 0 Å². The molecule has 0 radical (unpaired) electrons. The first-order valence-electron chi connectivity index (χ1n) is 3.90. The average Bonchev–Trinajstić information content (AvgIpc) is 2.16. The van der Waals surface area contributed by atoms with Crippen molar-refractivity contribution >= 4 is 15.8 Å². The topological polar surface area (TPSA) is 95.2 Å². The van der Waals surface area contributed by atoms with Crippen molar-refractivity contribution in [2.75, 3.05) is 5.75 Å². The molecule has 0 aliphatic carbocycles. The van der Waals surface area contributed by atoms with Crippen molar-refractivity contribution in [1.82, 2.24) is 0 Å². The van der Waals surface area contributed by atoms with Crippen LogP contribution in [0.25, 0.3) is 0 Å². The largest absolute Gasteiger partial charge is 0.480 e. The Morgan fingerprint density at radius 3 is 2.27 bits per heavy atom. The van der Waals surface area contributed by atoms with Crippen LogP contribution in [0.15, 0.2) is 29.2 Å². The Hall–Kier alpha value is -1.87. The smallest absolute Gasteiger partial charge is 0.319 e. The van der Waals surface area contributed by atoms with Crippen LogP contribution >= 0.6 is 0 Å². The summed E-state index contributed by atoms with van der Waals surface area (Å²) in [6, 6.07) is 6.93. The molecule has 1 N–H and O–H groups in total. The average molecular weight is 225 g/mol. The molecule has 0 fully saturated rings. The van der Waals surface area contributed by atoms with Gasteiger partial charge in [0.15, 0.2) is 15.6 Å². The first-order valence-corrected chi connectivity index (χ1v) is 5.55. The third-order valence-corrected chi connectivity index (χ3v) is 3.27. The molecular formula is C9H7NO4S. The van der Waals surface area contributed by atoms with Gasteiger partial charge in [-0.05, 0) is 24.3 Å². The molecule has 0 saturated carbocycles. The van der Waals surface area contributed by atoms with Gasteiger partial charge in [-0.15, -0.1) is 0 Å². The van der Waals surface area contributed by atoms with Crippen LogP contribution in [0.3, 0.4) is 0 Å². The Balaban J connectivity index is 3.07. The summed E-state index contributed by atoms with van der Waals surface area (Å²) in [7, 11) is -3.79. The van der Waals surface area contributed by atoms with Gasteiger partial charge >= 0.3 is 5.97 Å². The van der Waals surface area contributed by atoms with Crippen LogP contribution in [0.4, 0.5) is 0 Å². The van der Waals surface area contributed by atoms with Gasteiger partial charge in [0.2, 0.25) is 0 Å². The van der Waals surface area contributed by atoms with Crippen LogP contribution in [0, 0.1) is 11.3 Å². The second kappa shape index (κ2) is 4.11. The van der Waals surface area contributed by atoms with Crippen LogP contribution in [0.1, 0.15) is 5.56 Å². The lowest BCUT2D eigenvalue weighted by Crippen LogP contribution is -2.15. The maximum absolute atomic E-state index is 11.4. The molecule has 5 nitrogen and oxygen atoms in total. The number of aliphatic carboxylic acids is 1. The van der Waals surface area contributed by atoms with E-state index in [1.165, 1.54) is 24.3 Å². The summed E-state index contributed by atoms with van der Waals surface area (Å²) in [6.07, 6.45) is 0. The highest BCUT2D eigenvalue weighted by molar-refractivity contribution is 7.92. The lowest BCUT2D eigenvalue weighted by molar-refractivity contribution is -0.134. The van der Waals surface area contributed by atoms with Crippen LogP contribution in [0.5, 0.6) is 0 Å². The van der Waals surface area contributed by atoms with E-state index < -0.39 is 21.6 Å². The molecule has 0 aromatic heterocycles. The van der Waals surface area contributed by atoms with Crippen molar-refractivity contribution in [3.05, 3.63) is 29.8 Å². The third kappa shape index (κ3) is 2.79. The van der Waals surface area contributed by atoms with Crippen molar-refractivity contribution in [2.24, 2.45) is 0 Å². The maximum Gasteiger partial charge on any atom is 0.319 e. The van der Waals surface area contributed by atoms with Gasteiger partial charge in [-0.2, -0.15) is 5.26 Å². The minimum Gasteiger partial charge on any atom is -0.480 e. The van der Waals surface area contributed by atoms with E-state index in [1.54, 1.807) is 0 Å². The normalized spacial score (nSPS) is 10.6. The van der Waals surface area contributed by atoms with Gasteiger partial charge < -0.3 is 5.11 Å². The van der Waals surface area contributed by atoms with E-state index in [0.29, 0.717) is 5.56 Å². The molecule has 0 aliphatic rings. The minimum atomic E-state index is -3.79. The predicted molar refractivity (Wildman–Crippen MR) is 50.8 cm³/mol. The third-order valence-electron chi connectivity index (χ3n) is 1.66. The molecular weight excluding hydrogens is 218 g/mol. The summed E-state index contributed by atoms with van der Waals surface area (Å²) in [5.41, 5.74) is 0.323. The lowest BCUT2D eigenvalue weighted by Gasteiger charge is -2.00. The first-order chi connectivity index (χ1) is 6.95. The number of rotatable bonds is 3. The zero-order chi connectivity index (χ0) is 11.5. The van der Waals surface area contributed by atoms with Gasteiger partial charge in [-0.3, -0.25) is 4.79 Å². The van der Waals surface area contributed by atoms with E-state index >= 15 is 0 Å². The highest BCUT2D eigenvalue weighted by Gasteiger charge is 2.18. The second-order valence-electron chi connectivity index (χ2n) is 2.79. The highest BCUT2D eigenvalue weighted by atomic mass is 32.2. The maximum atomic E-state index is 11.4. The lowest BCUT2D eigenvalue weighted by atomic mass is 10.2. The molecule has 1 rings (SSSR count). The number of nitriles is 1. The molecule has 1 aromatic carbocycles. The number of carboxylic acids is 1. The molecule has 0 heterocycles. The zero-order valence-corrected chi connectivity index (χ0v) is 8.36. The van der Waals surface area contributed by atoms with Crippen molar-refractivity contribution < 1.29 is 18.3 Å². The van der Waals surface area contributed by atoms with Gasteiger partial charge in [0.05, 0.1) is 16.5 Å². The number of hydrogen-bond acceptors (Lipinski definition) is 4. The summed E-state index contributed by atoms with van der Waals surface area (Å²) in [6.45, 7) is 0. The number of benzene rings is 1.